The number of nitrogens with zero attached hydrogens (tertiary/aromatic N) is 2. The monoisotopic (exact) mass is 449 g/mol. The number of ether oxygens (including phenoxy) is 1. The number of aromatic nitrogens is 2. The number of halogens is 1. The number of hydrogen-bond acceptors (Lipinski definition) is 7. The van der Waals surface area contributed by atoms with Gasteiger partial charge < -0.3 is 9.15 Å². The first-order valence-corrected chi connectivity index (χ1v) is 11.5. The van der Waals surface area contributed by atoms with Crippen molar-refractivity contribution in [3.8, 4) is 17.1 Å². The average Bonchev–Trinajstić information content (AvgIpc) is 3.16. The maximum atomic E-state index is 12.4. The Balaban J connectivity index is 1.51. The van der Waals surface area contributed by atoms with Crippen LogP contribution >= 0.6 is 11.6 Å². The third kappa shape index (κ3) is 4.14. The molecular weight excluding hydrogens is 430 g/mol. The lowest BCUT2D eigenvalue weighted by molar-refractivity contribution is 0.222. The molecule has 3 heterocycles. The Bertz CT molecular complexity index is 1270. The minimum atomic E-state index is -3.56. The van der Waals surface area contributed by atoms with Crippen molar-refractivity contribution in [1.82, 2.24) is 14.9 Å². The molecule has 0 spiro atoms. The van der Waals surface area contributed by atoms with E-state index in [0.717, 1.165) is 17.6 Å². The average molecular weight is 450 g/mol. The first-order chi connectivity index (χ1) is 14.2. The van der Waals surface area contributed by atoms with E-state index in [0.29, 0.717) is 53.8 Å². The molecule has 1 aliphatic heterocycles. The maximum absolute atomic E-state index is 12.4. The molecule has 0 bridgehead atoms. The van der Waals surface area contributed by atoms with E-state index in [4.69, 9.17) is 20.8 Å². The highest BCUT2D eigenvalue weighted by molar-refractivity contribution is 7.90. The van der Waals surface area contributed by atoms with Gasteiger partial charge in [0.2, 0.25) is 15.0 Å². The van der Waals surface area contributed by atoms with Crippen LogP contribution in [0.25, 0.3) is 11.3 Å². The lowest BCUT2D eigenvalue weighted by Gasteiger charge is -2.26. The molecule has 0 atom stereocenters. The molecule has 4 rings (SSSR count). The second kappa shape index (κ2) is 7.90. The van der Waals surface area contributed by atoms with Crippen LogP contribution < -0.4 is 10.3 Å². The molecule has 158 valence electrons. The Kier molecular flexibility index (Phi) is 5.44. The summed E-state index contributed by atoms with van der Waals surface area (Å²) < 4.78 is 34.5. The summed E-state index contributed by atoms with van der Waals surface area (Å²) in [6.45, 7) is 1.51. The van der Waals surface area contributed by atoms with E-state index < -0.39 is 15.4 Å². The van der Waals surface area contributed by atoms with Crippen LogP contribution in [0.2, 0.25) is 5.02 Å². The van der Waals surface area contributed by atoms with Crippen LogP contribution in [0.4, 0.5) is 0 Å². The molecular formula is C20H20ClN3O5S. The quantitative estimate of drug-likeness (QED) is 0.597. The van der Waals surface area contributed by atoms with Crippen LogP contribution in [0.5, 0.6) is 5.75 Å². The summed E-state index contributed by atoms with van der Waals surface area (Å²) in [7, 11) is -2.00. The zero-order chi connectivity index (χ0) is 21.5. The Labute approximate surface area is 178 Å². The van der Waals surface area contributed by atoms with Gasteiger partial charge in [-0.25, -0.2) is 13.4 Å². The van der Waals surface area contributed by atoms with E-state index in [9.17, 15) is 13.2 Å². The van der Waals surface area contributed by atoms with E-state index in [1.807, 2.05) is 18.2 Å². The normalized spacial score (nSPS) is 14.5. The van der Waals surface area contributed by atoms with Gasteiger partial charge in [0.05, 0.1) is 29.9 Å². The fourth-order valence-corrected chi connectivity index (χ4v) is 4.24. The van der Waals surface area contributed by atoms with Gasteiger partial charge in [0.25, 0.3) is 5.56 Å². The number of sulfone groups is 1. The van der Waals surface area contributed by atoms with Gasteiger partial charge in [-0.3, -0.25) is 14.7 Å². The molecule has 0 fully saturated rings. The fourth-order valence-electron chi connectivity index (χ4n) is 3.43. The van der Waals surface area contributed by atoms with Crippen LogP contribution in [0.15, 0.2) is 44.7 Å². The Morgan fingerprint density at radius 2 is 2.10 bits per heavy atom. The topological polar surface area (TPSA) is 105 Å². The molecule has 1 aromatic carbocycles. The van der Waals surface area contributed by atoms with Crippen molar-refractivity contribution in [2.75, 3.05) is 19.9 Å². The van der Waals surface area contributed by atoms with Crippen LogP contribution in [0.1, 0.15) is 17.0 Å². The Morgan fingerprint density at radius 3 is 2.80 bits per heavy atom. The van der Waals surface area contributed by atoms with Gasteiger partial charge in [-0.1, -0.05) is 11.6 Å². The predicted octanol–water partition coefficient (Wildman–Crippen LogP) is 2.65. The highest BCUT2D eigenvalue weighted by atomic mass is 35.5. The van der Waals surface area contributed by atoms with Gasteiger partial charge in [-0.05, 0) is 30.3 Å². The number of methoxy groups -OCH3 is 1. The van der Waals surface area contributed by atoms with E-state index >= 15 is 0 Å². The van der Waals surface area contributed by atoms with Gasteiger partial charge in [0, 0.05) is 31.3 Å². The zero-order valence-corrected chi connectivity index (χ0v) is 18.0. The molecule has 0 aliphatic carbocycles. The van der Waals surface area contributed by atoms with Crippen LogP contribution in [0.3, 0.4) is 0 Å². The van der Waals surface area contributed by atoms with E-state index in [-0.39, 0.29) is 5.16 Å². The molecule has 10 heteroatoms. The molecule has 1 N–H and O–H groups in total. The van der Waals surface area contributed by atoms with Crippen molar-refractivity contribution in [3.05, 3.63) is 62.7 Å². The largest absolute Gasteiger partial charge is 0.495 e. The second-order valence-corrected chi connectivity index (χ2v) is 9.48. The number of furan rings is 1. The SMILES string of the molecule is COc1ccc(-c2ccc(CN3CCc4nc(S(C)(=O)=O)[nH]c(=O)c4C3)o2)cc1Cl. The summed E-state index contributed by atoms with van der Waals surface area (Å²) in [5.74, 6) is 2.03. The maximum Gasteiger partial charge on any atom is 0.256 e. The molecule has 30 heavy (non-hydrogen) atoms. The fraction of sp³-hybridized carbons (Fsp3) is 0.300. The van der Waals surface area contributed by atoms with E-state index in [1.54, 1.807) is 19.2 Å². The van der Waals surface area contributed by atoms with Crippen molar-refractivity contribution < 1.29 is 17.6 Å². The molecule has 2 aromatic heterocycles. The molecule has 3 aromatic rings. The smallest absolute Gasteiger partial charge is 0.256 e. The van der Waals surface area contributed by atoms with Gasteiger partial charge in [0.15, 0.2) is 0 Å². The van der Waals surface area contributed by atoms with Crippen molar-refractivity contribution >= 4 is 21.4 Å². The van der Waals surface area contributed by atoms with Crippen LogP contribution in [-0.2, 0) is 29.3 Å². The highest BCUT2D eigenvalue weighted by Crippen LogP contribution is 2.31. The number of nitrogens with one attached hydrogen (secondary N) is 1. The summed E-state index contributed by atoms with van der Waals surface area (Å²) in [5, 5.41) is 0.217. The van der Waals surface area contributed by atoms with Crippen molar-refractivity contribution in [2.45, 2.75) is 24.7 Å². The predicted molar refractivity (Wildman–Crippen MR) is 111 cm³/mol. The minimum absolute atomic E-state index is 0.284. The number of rotatable bonds is 5. The molecule has 8 nitrogen and oxygen atoms in total. The van der Waals surface area contributed by atoms with Gasteiger partial charge >= 0.3 is 0 Å². The number of fused-ring (bicyclic) bond motifs is 1. The lowest BCUT2D eigenvalue weighted by atomic mass is 10.1. The van der Waals surface area contributed by atoms with Crippen molar-refractivity contribution in [1.29, 1.82) is 0 Å². The van der Waals surface area contributed by atoms with E-state index in [1.165, 1.54) is 0 Å². The molecule has 0 saturated heterocycles. The minimum Gasteiger partial charge on any atom is -0.495 e. The summed E-state index contributed by atoms with van der Waals surface area (Å²) >= 11 is 6.19. The number of hydrogen-bond donors (Lipinski definition) is 1. The highest BCUT2D eigenvalue weighted by Gasteiger charge is 2.24. The van der Waals surface area contributed by atoms with Crippen LogP contribution in [-0.4, -0.2) is 43.2 Å². The van der Waals surface area contributed by atoms with Gasteiger partial charge in [-0.15, -0.1) is 0 Å². The number of aromatic amines is 1. The molecule has 0 unspecified atom stereocenters. The van der Waals surface area contributed by atoms with Crippen LogP contribution in [0, 0.1) is 0 Å². The summed E-state index contributed by atoms with van der Waals surface area (Å²) in [4.78, 5) is 20.9. The Hall–Kier alpha value is -2.62. The molecule has 1 aliphatic rings. The van der Waals surface area contributed by atoms with Crippen molar-refractivity contribution in [2.24, 2.45) is 0 Å². The van der Waals surface area contributed by atoms with Gasteiger partial charge in [-0.2, -0.15) is 0 Å². The lowest BCUT2D eigenvalue weighted by Crippen LogP contribution is -2.36. The molecule has 0 saturated carbocycles. The summed E-state index contributed by atoms with van der Waals surface area (Å²) in [6.07, 6.45) is 1.51. The number of H-pyrrole nitrogens is 1. The molecule has 0 amide bonds. The van der Waals surface area contributed by atoms with Gasteiger partial charge in [0.1, 0.15) is 17.3 Å². The first-order valence-electron chi connectivity index (χ1n) is 9.21. The Morgan fingerprint density at radius 1 is 1.30 bits per heavy atom. The number of benzene rings is 1. The third-order valence-corrected chi connectivity index (χ3v) is 6.15. The first kappa shape index (κ1) is 20.6. The van der Waals surface area contributed by atoms with E-state index in [2.05, 4.69) is 14.9 Å². The zero-order valence-electron chi connectivity index (χ0n) is 16.4. The third-order valence-electron chi connectivity index (χ3n) is 4.95. The summed E-state index contributed by atoms with van der Waals surface area (Å²) in [5.41, 5.74) is 1.44. The second-order valence-electron chi connectivity index (χ2n) is 7.14. The summed E-state index contributed by atoms with van der Waals surface area (Å²) in [6, 6.07) is 9.20. The standard InChI is InChI=1S/C20H20ClN3O5S/c1-28-18-5-3-12(9-15(18)21)17-6-4-13(29-17)10-24-8-7-16-14(11-24)19(25)23-20(22-16)30(2,26)27/h3-6,9H,7-8,10-11H2,1-2H3,(H,22,23,25). The van der Waals surface area contributed by atoms with Crippen molar-refractivity contribution in [3.63, 3.8) is 0 Å². The molecule has 0 radical (unpaired) electrons.